The van der Waals surface area contributed by atoms with Crippen molar-refractivity contribution in [2.75, 3.05) is 5.75 Å². The van der Waals surface area contributed by atoms with E-state index < -0.39 is 0 Å². The lowest BCUT2D eigenvalue weighted by molar-refractivity contribution is -0.120. The number of thioether (sulfide) groups is 1. The van der Waals surface area contributed by atoms with Crippen molar-refractivity contribution >= 4 is 17.7 Å². The highest BCUT2D eigenvalue weighted by molar-refractivity contribution is 8.00. The van der Waals surface area contributed by atoms with E-state index in [1.54, 1.807) is 11.8 Å². The van der Waals surface area contributed by atoms with Gasteiger partial charge in [0.1, 0.15) is 0 Å². The van der Waals surface area contributed by atoms with E-state index in [1.807, 2.05) is 0 Å². The molecule has 0 aromatic heterocycles. The van der Waals surface area contributed by atoms with E-state index in [2.05, 4.69) is 19.2 Å². The lowest BCUT2D eigenvalue weighted by atomic mass is 10.1. The molecule has 0 radical (unpaired) electrons. The molecule has 0 saturated heterocycles. The van der Waals surface area contributed by atoms with Crippen LogP contribution in [0.4, 0.5) is 0 Å². The molecule has 1 aliphatic carbocycles. The molecule has 1 fully saturated rings. The van der Waals surface area contributed by atoms with Crippen LogP contribution in [0.3, 0.4) is 0 Å². The standard InChI is InChI=1S/C12H23NO2S/c1-9(2)16-8-12(15)13-10-6-4-3-5-7-11(10)14/h9-11,14H,3-8H2,1-2H3,(H,13,15). The van der Waals surface area contributed by atoms with Gasteiger partial charge in [0.25, 0.3) is 0 Å². The van der Waals surface area contributed by atoms with Crippen molar-refractivity contribution in [2.24, 2.45) is 0 Å². The van der Waals surface area contributed by atoms with Gasteiger partial charge in [0.2, 0.25) is 5.91 Å². The fourth-order valence-electron chi connectivity index (χ4n) is 1.95. The molecule has 0 heterocycles. The highest BCUT2D eigenvalue weighted by Crippen LogP contribution is 2.18. The number of hydrogen-bond donors (Lipinski definition) is 2. The Morgan fingerprint density at radius 3 is 2.75 bits per heavy atom. The topological polar surface area (TPSA) is 49.3 Å². The summed E-state index contributed by atoms with van der Waals surface area (Å²) in [7, 11) is 0. The van der Waals surface area contributed by atoms with Gasteiger partial charge in [0, 0.05) is 0 Å². The Morgan fingerprint density at radius 2 is 2.06 bits per heavy atom. The minimum Gasteiger partial charge on any atom is -0.391 e. The third-order valence-electron chi connectivity index (χ3n) is 2.87. The zero-order chi connectivity index (χ0) is 12.0. The second kappa shape index (κ2) is 7.17. The van der Waals surface area contributed by atoms with Crippen molar-refractivity contribution in [2.45, 2.75) is 63.3 Å². The summed E-state index contributed by atoms with van der Waals surface area (Å²) in [5.74, 6) is 0.561. The number of aliphatic hydroxyl groups is 1. The summed E-state index contributed by atoms with van der Waals surface area (Å²) < 4.78 is 0. The van der Waals surface area contributed by atoms with Crippen LogP contribution in [-0.4, -0.2) is 34.2 Å². The second-order valence-electron chi connectivity index (χ2n) is 4.74. The fraction of sp³-hybridized carbons (Fsp3) is 0.917. The SMILES string of the molecule is CC(C)SCC(=O)NC1CCCCCC1O. The molecule has 0 aromatic rings. The Labute approximate surface area is 102 Å². The number of carbonyl (C=O) groups is 1. The molecule has 2 atom stereocenters. The van der Waals surface area contributed by atoms with Gasteiger partial charge >= 0.3 is 0 Å². The Bertz CT molecular complexity index is 221. The van der Waals surface area contributed by atoms with Gasteiger partial charge in [-0.3, -0.25) is 4.79 Å². The van der Waals surface area contributed by atoms with Crippen LogP contribution in [0.15, 0.2) is 0 Å². The number of nitrogens with one attached hydrogen (secondary N) is 1. The van der Waals surface area contributed by atoms with E-state index in [0.29, 0.717) is 11.0 Å². The molecule has 0 spiro atoms. The van der Waals surface area contributed by atoms with Gasteiger partial charge in [-0.1, -0.05) is 33.1 Å². The van der Waals surface area contributed by atoms with E-state index in [-0.39, 0.29) is 18.1 Å². The first-order chi connectivity index (χ1) is 7.59. The predicted octanol–water partition coefficient (Wildman–Crippen LogP) is 1.94. The largest absolute Gasteiger partial charge is 0.391 e. The molecule has 0 bridgehead atoms. The Kier molecular flexibility index (Phi) is 6.21. The van der Waals surface area contributed by atoms with E-state index in [9.17, 15) is 9.90 Å². The summed E-state index contributed by atoms with van der Waals surface area (Å²) in [5, 5.41) is 13.3. The molecule has 0 aromatic carbocycles. The third kappa shape index (κ3) is 5.21. The quantitative estimate of drug-likeness (QED) is 0.744. The molecule has 0 aliphatic heterocycles. The van der Waals surface area contributed by atoms with Gasteiger partial charge < -0.3 is 10.4 Å². The maximum Gasteiger partial charge on any atom is 0.230 e. The van der Waals surface area contributed by atoms with Gasteiger partial charge in [-0.05, 0) is 18.1 Å². The lowest BCUT2D eigenvalue weighted by Crippen LogP contribution is -2.43. The molecule has 4 heteroatoms. The van der Waals surface area contributed by atoms with Gasteiger partial charge in [-0.2, -0.15) is 0 Å². The summed E-state index contributed by atoms with van der Waals surface area (Å²) in [6, 6.07) is -0.0252. The number of hydrogen-bond acceptors (Lipinski definition) is 3. The number of rotatable bonds is 4. The van der Waals surface area contributed by atoms with Crippen LogP contribution in [-0.2, 0) is 4.79 Å². The van der Waals surface area contributed by atoms with Crippen LogP contribution >= 0.6 is 11.8 Å². The maximum atomic E-state index is 11.6. The molecular weight excluding hydrogens is 222 g/mol. The molecule has 1 saturated carbocycles. The van der Waals surface area contributed by atoms with E-state index in [1.165, 1.54) is 6.42 Å². The average Bonchev–Trinajstić information content (AvgIpc) is 2.42. The van der Waals surface area contributed by atoms with E-state index in [0.717, 1.165) is 25.7 Å². The van der Waals surface area contributed by atoms with Crippen molar-refractivity contribution < 1.29 is 9.90 Å². The normalized spacial score (nSPS) is 26.5. The number of aliphatic hydroxyl groups excluding tert-OH is 1. The average molecular weight is 245 g/mol. The van der Waals surface area contributed by atoms with Crippen LogP contribution in [0.1, 0.15) is 46.0 Å². The minimum atomic E-state index is -0.351. The van der Waals surface area contributed by atoms with Gasteiger partial charge in [0.05, 0.1) is 17.9 Å². The molecule has 1 amide bonds. The Hall–Kier alpha value is -0.220. The van der Waals surface area contributed by atoms with Crippen LogP contribution in [0.2, 0.25) is 0 Å². The minimum absolute atomic E-state index is 0.0252. The first-order valence-corrected chi connectivity index (χ1v) is 7.23. The molecule has 1 aliphatic rings. The molecule has 2 unspecified atom stereocenters. The highest BCUT2D eigenvalue weighted by atomic mass is 32.2. The third-order valence-corrected chi connectivity index (χ3v) is 3.97. The number of carbonyl (C=O) groups excluding carboxylic acids is 1. The molecular formula is C12H23NO2S. The monoisotopic (exact) mass is 245 g/mol. The van der Waals surface area contributed by atoms with Crippen molar-refractivity contribution in [3.63, 3.8) is 0 Å². The zero-order valence-corrected chi connectivity index (χ0v) is 11.1. The second-order valence-corrected chi connectivity index (χ2v) is 6.30. The summed E-state index contributed by atoms with van der Waals surface area (Å²) in [6.07, 6.45) is 4.75. The van der Waals surface area contributed by atoms with Crippen molar-refractivity contribution in [1.82, 2.24) is 5.32 Å². The molecule has 3 nitrogen and oxygen atoms in total. The zero-order valence-electron chi connectivity index (χ0n) is 10.2. The van der Waals surface area contributed by atoms with Crippen LogP contribution in [0, 0.1) is 0 Å². The first kappa shape index (κ1) is 13.8. The molecule has 16 heavy (non-hydrogen) atoms. The lowest BCUT2D eigenvalue weighted by Gasteiger charge is -2.21. The maximum absolute atomic E-state index is 11.6. The van der Waals surface area contributed by atoms with E-state index >= 15 is 0 Å². The van der Waals surface area contributed by atoms with Crippen molar-refractivity contribution in [3.05, 3.63) is 0 Å². The van der Waals surface area contributed by atoms with Gasteiger partial charge in [0.15, 0.2) is 0 Å². The highest BCUT2D eigenvalue weighted by Gasteiger charge is 2.22. The van der Waals surface area contributed by atoms with Crippen LogP contribution in [0.5, 0.6) is 0 Å². The van der Waals surface area contributed by atoms with Crippen molar-refractivity contribution in [1.29, 1.82) is 0 Å². The van der Waals surface area contributed by atoms with Crippen LogP contribution in [0.25, 0.3) is 0 Å². The van der Waals surface area contributed by atoms with Crippen molar-refractivity contribution in [3.8, 4) is 0 Å². The van der Waals surface area contributed by atoms with Crippen LogP contribution < -0.4 is 5.32 Å². The predicted molar refractivity (Wildman–Crippen MR) is 68.6 cm³/mol. The smallest absolute Gasteiger partial charge is 0.230 e. The molecule has 1 rings (SSSR count). The van der Waals surface area contributed by atoms with E-state index in [4.69, 9.17) is 0 Å². The first-order valence-electron chi connectivity index (χ1n) is 6.18. The molecule has 2 N–H and O–H groups in total. The summed E-state index contributed by atoms with van der Waals surface area (Å²) in [6.45, 7) is 4.16. The molecule has 94 valence electrons. The number of amides is 1. The fourth-order valence-corrected chi connectivity index (χ4v) is 2.52. The van der Waals surface area contributed by atoms with Gasteiger partial charge in [-0.25, -0.2) is 0 Å². The summed E-state index contributed by atoms with van der Waals surface area (Å²) in [5.41, 5.74) is 0. The van der Waals surface area contributed by atoms with Gasteiger partial charge in [-0.15, -0.1) is 11.8 Å². The summed E-state index contributed by atoms with van der Waals surface area (Å²) in [4.78, 5) is 11.6. The summed E-state index contributed by atoms with van der Waals surface area (Å²) >= 11 is 1.64. The Morgan fingerprint density at radius 1 is 1.38 bits per heavy atom. The Balaban J connectivity index is 2.30.